The number of hydrogen-bond donors (Lipinski definition) is 2. The number of hydrogen-bond acceptors (Lipinski definition) is 4. The van der Waals surface area contributed by atoms with Gasteiger partial charge in [-0.3, -0.25) is 0 Å². The SMILES string of the molecule is CC1(c2cnc(CCN)[nH]2)CCS(=O)(=O)CC1. The molecule has 1 saturated heterocycles. The summed E-state index contributed by atoms with van der Waals surface area (Å²) in [6.45, 7) is 2.67. The monoisotopic (exact) mass is 257 g/mol. The minimum atomic E-state index is -2.82. The van der Waals surface area contributed by atoms with E-state index in [1.54, 1.807) is 0 Å². The van der Waals surface area contributed by atoms with Gasteiger partial charge in [-0.1, -0.05) is 6.92 Å². The smallest absolute Gasteiger partial charge is 0.150 e. The maximum absolute atomic E-state index is 11.4. The first-order valence-electron chi connectivity index (χ1n) is 5.90. The topological polar surface area (TPSA) is 88.8 Å². The van der Waals surface area contributed by atoms with Gasteiger partial charge in [0.15, 0.2) is 0 Å². The van der Waals surface area contributed by atoms with Gasteiger partial charge in [-0.05, 0) is 19.4 Å². The zero-order valence-corrected chi connectivity index (χ0v) is 10.9. The van der Waals surface area contributed by atoms with Gasteiger partial charge in [0.25, 0.3) is 0 Å². The maximum Gasteiger partial charge on any atom is 0.150 e. The second-order valence-electron chi connectivity index (χ2n) is 4.99. The van der Waals surface area contributed by atoms with E-state index in [0.717, 1.165) is 17.9 Å². The van der Waals surface area contributed by atoms with Crippen molar-refractivity contribution in [2.45, 2.75) is 31.6 Å². The van der Waals surface area contributed by atoms with Gasteiger partial charge in [0.1, 0.15) is 15.7 Å². The number of imidazole rings is 1. The van der Waals surface area contributed by atoms with Crippen molar-refractivity contribution in [1.29, 1.82) is 0 Å². The lowest BCUT2D eigenvalue weighted by molar-refractivity contribution is 0.409. The van der Waals surface area contributed by atoms with Crippen LogP contribution in [0.15, 0.2) is 6.20 Å². The first-order valence-corrected chi connectivity index (χ1v) is 7.72. The van der Waals surface area contributed by atoms with Crippen LogP contribution in [0, 0.1) is 0 Å². The number of aromatic amines is 1. The molecule has 1 aliphatic heterocycles. The number of aromatic nitrogens is 2. The first kappa shape index (κ1) is 12.6. The predicted molar refractivity (Wildman–Crippen MR) is 66.6 cm³/mol. The van der Waals surface area contributed by atoms with E-state index in [1.807, 2.05) is 6.20 Å². The molecule has 0 saturated carbocycles. The number of nitrogens with one attached hydrogen (secondary N) is 1. The summed E-state index contributed by atoms with van der Waals surface area (Å²) in [6, 6.07) is 0. The average molecular weight is 257 g/mol. The molecule has 2 rings (SSSR count). The predicted octanol–water partition coefficient (Wildman–Crippen LogP) is 0.377. The van der Waals surface area contributed by atoms with Crippen LogP contribution in [0.5, 0.6) is 0 Å². The molecular weight excluding hydrogens is 238 g/mol. The highest BCUT2D eigenvalue weighted by Gasteiger charge is 2.35. The third-order valence-corrected chi connectivity index (χ3v) is 5.24. The van der Waals surface area contributed by atoms with Crippen molar-refractivity contribution in [1.82, 2.24) is 9.97 Å². The summed E-state index contributed by atoms with van der Waals surface area (Å²) in [5, 5.41) is 0. The van der Waals surface area contributed by atoms with Crippen LogP contribution in [0.4, 0.5) is 0 Å². The molecule has 0 aliphatic carbocycles. The molecule has 0 spiro atoms. The van der Waals surface area contributed by atoms with Gasteiger partial charge in [0.05, 0.1) is 11.5 Å². The zero-order chi connectivity index (χ0) is 12.5. The van der Waals surface area contributed by atoms with Crippen LogP contribution in [0.1, 0.15) is 31.3 Å². The van der Waals surface area contributed by atoms with Gasteiger partial charge in [0.2, 0.25) is 0 Å². The van der Waals surface area contributed by atoms with E-state index in [4.69, 9.17) is 5.73 Å². The fourth-order valence-corrected chi connectivity index (χ4v) is 3.92. The second kappa shape index (κ2) is 4.42. The van der Waals surface area contributed by atoms with E-state index in [2.05, 4.69) is 16.9 Å². The summed E-state index contributed by atoms with van der Waals surface area (Å²) < 4.78 is 22.9. The van der Waals surface area contributed by atoms with Crippen molar-refractivity contribution >= 4 is 9.84 Å². The number of nitrogens with two attached hydrogens (primary N) is 1. The van der Waals surface area contributed by atoms with E-state index in [1.165, 1.54) is 0 Å². The molecule has 0 aromatic carbocycles. The Labute approximate surface area is 102 Å². The molecule has 0 unspecified atom stereocenters. The van der Waals surface area contributed by atoms with Crippen LogP contribution in [-0.4, -0.2) is 36.4 Å². The Kier molecular flexibility index (Phi) is 3.27. The number of sulfone groups is 1. The lowest BCUT2D eigenvalue weighted by atomic mass is 9.81. The molecule has 1 aromatic heterocycles. The van der Waals surface area contributed by atoms with Crippen LogP contribution in [0.2, 0.25) is 0 Å². The third-order valence-electron chi connectivity index (χ3n) is 3.59. The van der Waals surface area contributed by atoms with E-state index < -0.39 is 9.84 Å². The van der Waals surface area contributed by atoms with Crippen LogP contribution >= 0.6 is 0 Å². The molecule has 5 nitrogen and oxygen atoms in total. The third kappa shape index (κ3) is 2.69. The summed E-state index contributed by atoms with van der Waals surface area (Å²) in [5.41, 5.74) is 6.42. The number of H-pyrrole nitrogens is 1. The second-order valence-corrected chi connectivity index (χ2v) is 7.30. The standard InChI is InChI=1S/C11H19N3O2S/c1-11(3-6-17(15,16)7-4-11)9-8-13-10(14-9)2-5-12/h8H,2-7,12H2,1H3,(H,13,14). The van der Waals surface area contributed by atoms with Crippen LogP contribution in [-0.2, 0) is 21.7 Å². The van der Waals surface area contributed by atoms with Gasteiger partial charge in [-0.25, -0.2) is 13.4 Å². The molecule has 17 heavy (non-hydrogen) atoms. The largest absolute Gasteiger partial charge is 0.345 e. The molecule has 96 valence electrons. The zero-order valence-electron chi connectivity index (χ0n) is 10.1. The van der Waals surface area contributed by atoms with Gasteiger partial charge < -0.3 is 10.7 Å². The quantitative estimate of drug-likeness (QED) is 0.819. The highest BCUT2D eigenvalue weighted by atomic mass is 32.2. The lowest BCUT2D eigenvalue weighted by Crippen LogP contribution is -2.34. The van der Waals surface area contributed by atoms with Crippen molar-refractivity contribution in [2.75, 3.05) is 18.1 Å². The maximum atomic E-state index is 11.4. The Morgan fingerprint density at radius 2 is 2.12 bits per heavy atom. The number of nitrogens with zero attached hydrogens (tertiary/aromatic N) is 1. The van der Waals surface area contributed by atoms with Crippen molar-refractivity contribution in [2.24, 2.45) is 5.73 Å². The Morgan fingerprint density at radius 1 is 1.47 bits per heavy atom. The fourth-order valence-electron chi connectivity index (χ4n) is 2.19. The molecule has 0 radical (unpaired) electrons. The Balaban J connectivity index is 2.15. The molecule has 2 heterocycles. The molecule has 1 aromatic rings. The minimum absolute atomic E-state index is 0.0921. The summed E-state index contributed by atoms with van der Waals surface area (Å²) >= 11 is 0. The average Bonchev–Trinajstić information content (AvgIpc) is 2.73. The van der Waals surface area contributed by atoms with Crippen LogP contribution < -0.4 is 5.73 Å². The van der Waals surface area contributed by atoms with Crippen molar-refractivity contribution in [3.63, 3.8) is 0 Å². The Bertz CT molecular complexity index is 479. The van der Waals surface area contributed by atoms with E-state index in [9.17, 15) is 8.42 Å². The van der Waals surface area contributed by atoms with Gasteiger partial charge in [0, 0.05) is 23.7 Å². The number of rotatable bonds is 3. The summed E-state index contributed by atoms with van der Waals surface area (Å²) in [4.78, 5) is 7.54. The van der Waals surface area contributed by atoms with E-state index in [-0.39, 0.29) is 16.9 Å². The van der Waals surface area contributed by atoms with Crippen molar-refractivity contribution in [3.8, 4) is 0 Å². The molecule has 0 amide bonds. The lowest BCUT2D eigenvalue weighted by Gasteiger charge is -2.32. The van der Waals surface area contributed by atoms with Crippen molar-refractivity contribution < 1.29 is 8.42 Å². The van der Waals surface area contributed by atoms with E-state index in [0.29, 0.717) is 19.4 Å². The molecule has 3 N–H and O–H groups in total. The summed E-state index contributed by atoms with van der Waals surface area (Å²) in [7, 11) is -2.82. The minimum Gasteiger partial charge on any atom is -0.345 e. The molecular formula is C11H19N3O2S. The van der Waals surface area contributed by atoms with Gasteiger partial charge >= 0.3 is 0 Å². The summed E-state index contributed by atoms with van der Waals surface area (Å²) in [6.07, 6.45) is 3.89. The van der Waals surface area contributed by atoms with Crippen LogP contribution in [0.25, 0.3) is 0 Å². The van der Waals surface area contributed by atoms with Gasteiger partial charge in [-0.15, -0.1) is 0 Å². The highest BCUT2D eigenvalue weighted by molar-refractivity contribution is 7.91. The van der Waals surface area contributed by atoms with Crippen LogP contribution in [0.3, 0.4) is 0 Å². The Hall–Kier alpha value is -0.880. The molecule has 6 heteroatoms. The summed E-state index contributed by atoms with van der Waals surface area (Å²) in [5.74, 6) is 1.43. The Morgan fingerprint density at radius 3 is 2.71 bits per heavy atom. The molecule has 0 bridgehead atoms. The fraction of sp³-hybridized carbons (Fsp3) is 0.727. The molecule has 1 aliphatic rings. The first-order chi connectivity index (χ1) is 7.95. The van der Waals surface area contributed by atoms with Gasteiger partial charge in [-0.2, -0.15) is 0 Å². The van der Waals surface area contributed by atoms with Crippen molar-refractivity contribution in [3.05, 3.63) is 17.7 Å². The molecule has 1 fully saturated rings. The highest BCUT2D eigenvalue weighted by Crippen LogP contribution is 2.34. The molecule has 0 atom stereocenters. The normalized spacial score (nSPS) is 22.5. The van der Waals surface area contributed by atoms with E-state index >= 15 is 0 Å².